The van der Waals surface area contributed by atoms with Crippen LogP contribution in [-0.2, 0) is 17.1 Å². The minimum absolute atomic E-state index is 0.0675. The summed E-state index contributed by atoms with van der Waals surface area (Å²) in [6.45, 7) is 4.36. The standard InChI is InChI=1S/C15H13F6NO/c1-5-9-10(15(19,20)21)6-8(14(16,17)18)7-11(9)22-12(23)13(2,3)4/h1,6-7H,2-4H3,(H,22,23). The zero-order chi connectivity index (χ0) is 18.2. The smallest absolute Gasteiger partial charge is 0.324 e. The quantitative estimate of drug-likeness (QED) is 0.585. The molecule has 2 nitrogen and oxygen atoms in total. The van der Waals surface area contributed by atoms with E-state index < -0.39 is 46.1 Å². The Morgan fingerprint density at radius 1 is 1.04 bits per heavy atom. The van der Waals surface area contributed by atoms with E-state index in [-0.39, 0.29) is 6.07 Å². The van der Waals surface area contributed by atoms with E-state index in [9.17, 15) is 31.1 Å². The molecule has 1 N–H and O–H groups in total. The van der Waals surface area contributed by atoms with Crippen molar-refractivity contribution in [3.05, 3.63) is 28.8 Å². The van der Waals surface area contributed by atoms with Crippen LogP contribution in [0, 0.1) is 17.8 Å². The molecule has 0 unspecified atom stereocenters. The highest BCUT2D eigenvalue weighted by Crippen LogP contribution is 2.40. The number of carbonyl (C=O) groups is 1. The van der Waals surface area contributed by atoms with Gasteiger partial charge in [-0.05, 0) is 12.1 Å². The number of hydrogen-bond acceptors (Lipinski definition) is 1. The van der Waals surface area contributed by atoms with E-state index in [2.05, 4.69) is 0 Å². The second kappa shape index (κ2) is 5.80. The largest absolute Gasteiger partial charge is 0.417 e. The lowest BCUT2D eigenvalue weighted by molar-refractivity contribution is -0.143. The fourth-order valence-corrected chi connectivity index (χ4v) is 1.59. The second-order valence-corrected chi connectivity index (χ2v) is 5.79. The molecule has 0 saturated carbocycles. The zero-order valence-electron chi connectivity index (χ0n) is 12.4. The predicted molar refractivity (Wildman–Crippen MR) is 72.5 cm³/mol. The number of rotatable bonds is 1. The number of halogens is 6. The van der Waals surface area contributed by atoms with E-state index in [1.54, 1.807) is 5.92 Å². The summed E-state index contributed by atoms with van der Waals surface area (Å²) in [7, 11) is 0. The van der Waals surface area contributed by atoms with Gasteiger partial charge in [0.2, 0.25) is 5.91 Å². The first kappa shape index (κ1) is 18.9. The third-order valence-corrected chi connectivity index (χ3v) is 2.84. The molecule has 0 fully saturated rings. The molecular weight excluding hydrogens is 324 g/mol. The maximum Gasteiger partial charge on any atom is 0.417 e. The van der Waals surface area contributed by atoms with Crippen molar-refractivity contribution in [2.45, 2.75) is 33.1 Å². The minimum atomic E-state index is -5.09. The normalized spacial score (nSPS) is 12.7. The predicted octanol–water partition coefficient (Wildman–Crippen LogP) is 4.69. The van der Waals surface area contributed by atoms with Crippen LogP contribution in [0.1, 0.15) is 37.5 Å². The minimum Gasteiger partial charge on any atom is -0.324 e. The third-order valence-electron chi connectivity index (χ3n) is 2.84. The molecule has 8 heteroatoms. The number of anilines is 1. The lowest BCUT2D eigenvalue weighted by Crippen LogP contribution is -2.28. The first-order valence-corrected chi connectivity index (χ1v) is 6.28. The van der Waals surface area contributed by atoms with Crippen molar-refractivity contribution in [3.8, 4) is 12.3 Å². The van der Waals surface area contributed by atoms with Gasteiger partial charge < -0.3 is 5.32 Å². The molecule has 0 aliphatic rings. The van der Waals surface area contributed by atoms with E-state index >= 15 is 0 Å². The Hall–Kier alpha value is -2.17. The summed E-state index contributed by atoms with van der Waals surface area (Å²) in [5, 5.41) is 2.04. The fraction of sp³-hybridized carbons (Fsp3) is 0.400. The van der Waals surface area contributed by atoms with Crippen molar-refractivity contribution in [1.29, 1.82) is 0 Å². The molecule has 126 valence electrons. The van der Waals surface area contributed by atoms with E-state index in [0.717, 1.165) is 0 Å². The van der Waals surface area contributed by atoms with Gasteiger partial charge in [0, 0.05) is 5.41 Å². The summed E-state index contributed by atoms with van der Waals surface area (Å²) in [5.41, 5.74) is -5.75. The maximum absolute atomic E-state index is 13.0. The lowest BCUT2D eigenvalue weighted by Gasteiger charge is -2.21. The van der Waals surface area contributed by atoms with Crippen molar-refractivity contribution in [2.24, 2.45) is 5.41 Å². The number of carbonyl (C=O) groups excluding carboxylic acids is 1. The Morgan fingerprint density at radius 2 is 1.57 bits per heavy atom. The molecule has 0 aliphatic carbocycles. The summed E-state index contributed by atoms with van der Waals surface area (Å²) in [6, 6.07) is 0.329. The summed E-state index contributed by atoms with van der Waals surface area (Å²) in [4.78, 5) is 11.9. The lowest BCUT2D eigenvalue weighted by atomic mass is 9.94. The van der Waals surface area contributed by atoms with Crippen LogP contribution in [-0.4, -0.2) is 5.91 Å². The fourth-order valence-electron chi connectivity index (χ4n) is 1.59. The zero-order valence-corrected chi connectivity index (χ0v) is 12.4. The summed E-state index contributed by atoms with van der Waals surface area (Å²) in [6.07, 6.45) is -5.10. The molecule has 1 amide bonds. The monoisotopic (exact) mass is 337 g/mol. The van der Waals surface area contributed by atoms with Crippen molar-refractivity contribution in [2.75, 3.05) is 5.32 Å². The van der Waals surface area contributed by atoms with Gasteiger partial charge in [-0.2, -0.15) is 26.3 Å². The molecule has 0 atom stereocenters. The molecule has 1 rings (SSSR count). The molecule has 0 spiro atoms. The molecule has 1 aromatic rings. The summed E-state index contributed by atoms with van der Waals surface area (Å²) >= 11 is 0. The van der Waals surface area contributed by atoms with Crippen LogP contribution in [0.3, 0.4) is 0 Å². The molecule has 0 heterocycles. The SMILES string of the molecule is C#Cc1c(NC(=O)C(C)(C)C)cc(C(F)(F)F)cc1C(F)(F)F. The first-order chi connectivity index (χ1) is 10.2. The van der Waals surface area contributed by atoms with Gasteiger partial charge in [-0.25, -0.2) is 0 Å². The average molecular weight is 337 g/mol. The van der Waals surface area contributed by atoms with Crippen LogP contribution in [0.2, 0.25) is 0 Å². The van der Waals surface area contributed by atoms with E-state index in [4.69, 9.17) is 6.42 Å². The van der Waals surface area contributed by atoms with Crippen LogP contribution in [0.25, 0.3) is 0 Å². The molecule has 1 aromatic carbocycles. The van der Waals surface area contributed by atoms with E-state index in [0.29, 0.717) is 6.07 Å². The third kappa shape index (κ3) is 4.41. The summed E-state index contributed by atoms with van der Waals surface area (Å²) < 4.78 is 77.4. The van der Waals surface area contributed by atoms with Crippen LogP contribution < -0.4 is 5.32 Å². The molecular formula is C15H13F6NO. The highest BCUT2D eigenvalue weighted by Gasteiger charge is 2.39. The average Bonchev–Trinajstić information content (AvgIpc) is 2.34. The molecule has 0 bridgehead atoms. The molecule has 0 aliphatic heterocycles. The number of benzene rings is 1. The summed E-state index contributed by atoms with van der Waals surface area (Å²) in [5.74, 6) is 0.942. The molecule has 23 heavy (non-hydrogen) atoms. The number of hydrogen-bond donors (Lipinski definition) is 1. The Balaban J connectivity index is 3.61. The number of amides is 1. The van der Waals surface area contributed by atoms with Gasteiger partial charge in [-0.1, -0.05) is 26.7 Å². The first-order valence-electron chi connectivity index (χ1n) is 6.28. The number of nitrogens with one attached hydrogen (secondary N) is 1. The van der Waals surface area contributed by atoms with Gasteiger partial charge >= 0.3 is 12.4 Å². The van der Waals surface area contributed by atoms with Gasteiger partial charge in [0.1, 0.15) is 0 Å². The highest BCUT2D eigenvalue weighted by molar-refractivity contribution is 5.96. The van der Waals surface area contributed by atoms with Crippen molar-refractivity contribution < 1.29 is 31.1 Å². The van der Waals surface area contributed by atoms with Gasteiger partial charge in [0.05, 0.1) is 22.4 Å². The van der Waals surface area contributed by atoms with Crippen LogP contribution >= 0.6 is 0 Å². The van der Waals surface area contributed by atoms with Gasteiger partial charge in [0.15, 0.2) is 0 Å². The topological polar surface area (TPSA) is 29.1 Å². The Bertz CT molecular complexity index is 659. The number of terminal acetylenes is 1. The Morgan fingerprint density at radius 3 is 1.91 bits per heavy atom. The van der Waals surface area contributed by atoms with Crippen molar-refractivity contribution in [3.63, 3.8) is 0 Å². The Kier molecular flexibility index (Phi) is 4.76. The molecule has 0 saturated heterocycles. The molecule has 0 radical (unpaired) electrons. The van der Waals surface area contributed by atoms with Gasteiger partial charge in [-0.15, -0.1) is 6.42 Å². The van der Waals surface area contributed by atoms with Gasteiger partial charge in [-0.3, -0.25) is 4.79 Å². The molecule has 0 aromatic heterocycles. The van der Waals surface area contributed by atoms with Crippen molar-refractivity contribution >= 4 is 11.6 Å². The highest BCUT2D eigenvalue weighted by atomic mass is 19.4. The van der Waals surface area contributed by atoms with E-state index in [1.165, 1.54) is 20.8 Å². The van der Waals surface area contributed by atoms with Gasteiger partial charge in [0.25, 0.3) is 0 Å². The van der Waals surface area contributed by atoms with Crippen molar-refractivity contribution in [1.82, 2.24) is 0 Å². The number of alkyl halides is 6. The second-order valence-electron chi connectivity index (χ2n) is 5.79. The van der Waals surface area contributed by atoms with Crippen LogP contribution in [0.4, 0.5) is 32.0 Å². The Labute approximate surface area is 128 Å². The van der Waals surface area contributed by atoms with Crippen LogP contribution in [0.15, 0.2) is 12.1 Å². The maximum atomic E-state index is 13.0. The van der Waals surface area contributed by atoms with Crippen LogP contribution in [0.5, 0.6) is 0 Å². The van der Waals surface area contributed by atoms with E-state index in [1.807, 2.05) is 5.32 Å².